The molecule has 2 unspecified atom stereocenters. The molecule has 2 aromatic rings. The molecule has 1 saturated carbocycles. The number of benzene rings is 2. The maximum atomic E-state index is 14.2. The van der Waals surface area contributed by atoms with Crippen molar-refractivity contribution in [1.82, 2.24) is 9.80 Å². The third kappa shape index (κ3) is 7.67. The summed E-state index contributed by atoms with van der Waals surface area (Å²) in [6, 6.07) is 10.7. The molecule has 2 heterocycles. The Hall–Kier alpha value is -2.38. The van der Waals surface area contributed by atoms with E-state index in [4.69, 9.17) is 0 Å². The van der Waals surface area contributed by atoms with Crippen molar-refractivity contribution in [3.8, 4) is 0 Å². The molecule has 7 heteroatoms. The summed E-state index contributed by atoms with van der Waals surface area (Å²) < 4.78 is 40.9. The minimum atomic E-state index is -0.805. The normalized spacial score (nSPS) is 23.3. The van der Waals surface area contributed by atoms with Crippen LogP contribution in [0.2, 0.25) is 0 Å². The zero-order valence-electron chi connectivity index (χ0n) is 24.0. The molecule has 0 aromatic heterocycles. The van der Waals surface area contributed by atoms with Crippen LogP contribution in [-0.2, 0) is 11.2 Å². The van der Waals surface area contributed by atoms with Crippen LogP contribution in [0.4, 0.5) is 13.2 Å². The van der Waals surface area contributed by atoms with E-state index in [1.165, 1.54) is 24.6 Å². The molecule has 0 spiro atoms. The van der Waals surface area contributed by atoms with Gasteiger partial charge in [-0.1, -0.05) is 57.7 Å². The summed E-state index contributed by atoms with van der Waals surface area (Å²) >= 11 is 0. The van der Waals surface area contributed by atoms with Crippen molar-refractivity contribution < 1.29 is 23.1 Å². The molecule has 4 nitrogen and oxygen atoms in total. The van der Waals surface area contributed by atoms with Crippen LogP contribution in [0.5, 0.6) is 0 Å². The Labute approximate surface area is 237 Å². The molecule has 220 valence electrons. The second kappa shape index (κ2) is 14.5. The molecule has 2 saturated heterocycles. The maximum Gasteiger partial charge on any atom is 0.320 e. The third-order valence-electron chi connectivity index (χ3n) is 9.28. The molecular formula is C33H45F3N2O2. The van der Waals surface area contributed by atoms with Crippen LogP contribution in [0.25, 0.3) is 0 Å². The van der Waals surface area contributed by atoms with Crippen molar-refractivity contribution in [3.05, 3.63) is 71.0 Å². The molecule has 3 aliphatic rings. The molecule has 5 rings (SSSR count). The summed E-state index contributed by atoms with van der Waals surface area (Å²) in [5, 5.41) is 10.1. The van der Waals surface area contributed by atoms with Gasteiger partial charge < -0.3 is 5.11 Å². The Bertz CT molecular complexity index is 1100. The first kappa shape index (κ1) is 30.6. The molecule has 3 fully saturated rings. The van der Waals surface area contributed by atoms with Gasteiger partial charge in [-0.25, -0.2) is 13.2 Å². The van der Waals surface area contributed by atoms with E-state index in [1.807, 2.05) is 19.9 Å². The van der Waals surface area contributed by atoms with Gasteiger partial charge in [0.05, 0.1) is 0 Å². The highest BCUT2D eigenvalue weighted by Crippen LogP contribution is 2.38. The van der Waals surface area contributed by atoms with E-state index >= 15 is 0 Å². The number of rotatable bonds is 10. The number of hydrogen-bond acceptors (Lipinski definition) is 3. The van der Waals surface area contributed by atoms with Gasteiger partial charge in [-0.2, -0.15) is 0 Å². The number of nitrogens with zero attached hydrogens (tertiary/aromatic N) is 2. The minimum Gasteiger partial charge on any atom is -0.480 e. The lowest BCUT2D eigenvalue weighted by Crippen LogP contribution is -2.47. The highest BCUT2D eigenvalue weighted by molar-refractivity contribution is 5.73. The van der Waals surface area contributed by atoms with Crippen LogP contribution in [0.15, 0.2) is 42.5 Å². The van der Waals surface area contributed by atoms with Crippen molar-refractivity contribution in [1.29, 1.82) is 0 Å². The first-order chi connectivity index (χ1) is 19.4. The van der Waals surface area contributed by atoms with Gasteiger partial charge in [0.25, 0.3) is 0 Å². The van der Waals surface area contributed by atoms with Gasteiger partial charge in [0, 0.05) is 25.0 Å². The smallest absolute Gasteiger partial charge is 0.320 e. The molecule has 2 aromatic carbocycles. The number of aliphatic carboxylic acids is 1. The Balaban J connectivity index is 0.00000181. The fourth-order valence-electron chi connectivity index (χ4n) is 6.82. The van der Waals surface area contributed by atoms with E-state index in [1.54, 1.807) is 18.2 Å². The standard InChI is InChI=1S/C31H39F3N2O2.C2H6/c32-25-9-3-8-24(18-25)26-19-36(29(31(37)38)17-22-5-2-6-22)20-30(26)35-14-12-21(13-15-35)4-1-7-23-10-11-27(33)28(34)16-23;1-2/h3,8-11,16,18,21-22,26,29-30H,1-2,4-7,12-15,17,19-20H2,(H,37,38);1-2H3/t26-,29?,30?;/m1./s1. The molecule has 40 heavy (non-hydrogen) atoms. The fraction of sp³-hybridized carbons (Fsp3) is 0.606. The van der Waals surface area contributed by atoms with Gasteiger partial charge >= 0.3 is 5.97 Å². The lowest BCUT2D eigenvalue weighted by atomic mass is 9.80. The van der Waals surface area contributed by atoms with E-state index in [9.17, 15) is 23.1 Å². The maximum absolute atomic E-state index is 14.2. The van der Waals surface area contributed by atoms with Crippen LogP contribution in [0.3, 0.4) is 0 Å². The average molecular weight is 559 g/mol. The molecule has 1 aliphatic carbocycles. The summed E-state index contributed by atoms with van der Waals surface area (Å²) in [6.07, 6.45) is 9.02. The predicted octanol–water partition coefficient (Wildman–Crippen LogP) is 7.28. The largest absolute Gasteiger partial charge is 0.480 e. The molecular weight excluding hydrogens is 513 g/mol. The highest BCUT2D eigenvalue weighted by Gasteiger charge is 2.43. The Morgan fingerprint density at radius 2 is 1.70 bits per heavy atom. The van der Waals surface area contributed by atoms with Crippen LogP contribution >= 0.6 is 0 Å². The lowest BCUT2D eigenvalue weighted by molar-refractivity contribution is -0.144. The molecule has 0 radical (unpaired) electrons. The van der Waals surface area contributed by atoms with Crippen LogP contribution in [0, 0.1) is 29.3 Å². The summed E-state index contributed by atoms with van der Waals surface area (Å²) in [7, 11) is 0. The summed E-state index contributed by atoms with van der Waals surface area (Å²) in [5.74, 6) is -1.40. The zero-order chi connectivity index (χ0) is 28.6. The van der Waals surface area contributed by atoms with Gasteiger partial charge in [0.2, 0.25) is 0 Å². The van der Waals surface area contributed by atoms with Crippen LogP contribution in [-0.4, -0.2) is 59.1 Å². The number of hydrogen-bond donors (Lipinski definition) is 1. The number of carboxylic acid groups (broad SMARTS) is 1. The van der Waals surface area contributed by atoms with E-state index in [0.717, 1.165) is 69.2 Å². The zero-order valence-corrected chi connectivity index (χ0v) is 24.0. The molecule has 1 N–H and O–H groups in total. The summed E-state index contributed by atoms with van der Waals surface area (Å²) in [5.41, 5.74) is 1.79. The predicted molar refractivity (Wildman–Crippen MR) is 153 cm³/mol. The summed E-state index contributed by atoms with van der Waals surface area (Å²) in [6.45, 7) is 7.23. The van der Waals surface area contributed by atoms with Crippen molar-refractivity contribution in [2.24, 2.45) is 11.8 Å². The first-order valence-corrected chi connectivity index (χ1v) is 15.3. The molecule has 2 aliphatic heterocycles. The number of likely N-dealkylation sites (tertiary alicyclic amines) is 2. The van der Waals surface area contributed by atoms with Gasteiger partial charge in [-0.15, -0.1) is 0 Å². The monoisotopic (exact) mass is 558 g/mol. The van der Waals surface area contributed by atoms with Crippen LogP contribution in [0.1, 0.15) is 82.3 Å². The average Bonchev–Trinajstić information content (AvgIpc) is 3.36. The second-order valence-electron chi connectivity index (χ2n) is 11.7. The second-order valence-corrected chi connectivity index (χ2v) is 11.7. The van der Waals surface area contributed by atoms with E-state index in [-0.39, 0.29) is 17.8 Å². The van der Waals surface area contributed by atoms with Crippen molar-refractivity contribution in [2.75, 3.05) is 26.2 Å². The molecule has 0 bridgehead atoms. The topological polar surface area (TPSA) is 43.8 Å². The van der Waals surface area contributed by atoms with Crippen molar-refractivity contribution in [3.63, 3.8) is 0 Å². The fourth-order valence-corrected chi connectivity index (χ4v) is 6.82. The summed E-state index contributed by atoms with van der Waals surface area (Å²) in [4.78, 5) is 16.9. The Morgan fingerprint density at radius 3 is 2.33 bits per heavy atom. The molecule has 3 atom stereocenters. The SMILES string of the molecule is CC.O=C(O)C(CC1CCC1)N1CC(N2CCC(CCCc3ccc(F)c(F)c3)CC2)[C@@H](c2cccc(F)c2)C1. The van der Waals surface area contributed by atoms with E-state index in [2.05, 4.69) is 9.80 Å². The van der Waals surface area contributed by atoms with Crippen molar-refractivity contribution in [2.45, 2.75) is 89.6 Å². The minimum absolute atomic E-state index is 0.0823. The number of carboxylic acids is 1. The van der Waals surface area contributed by atoms with Gasteiger partial charge in [0.1, 0.15) is 11.9 Å². The molecule has 0 amide bonds. The van der Waals surface area contributed by atoms with Gasteiger partial charge in [-0.05, 0) is 92.4 Å². The highest BCUT2D eigenvalue weighted by atomic mass is 19.2. The lowest BCUT2D eigenvalue weighted by Gasteiger charge is -2.38. The number of piperidine rings is 1. The number of halogens is 3. The first-order valence-electron chi connectivity index (χ1n) is 15.3. The van der Waals surface area contributed by atoms with E-state index < -0.39 is 23.6 Å². The van der Waals surface area contributed by atoms with Gasteiger partial charge in [-0.3, -0.25) is 14.6 Å². The number of aryl methyl sites for hydroxylation is 1. The van der Waals surface area contributed by atoms with Crippen molar-refractivity contribution >= 4 is 5.97 Å². The third-order valence-corrected chi connectivity index (χ3v) is 9.28. The number of carbonyl (C=O) groups is 1. The Morgan fingerprint density at radius 1 is 0.950 bits per heavy atom. The van der Waals surface area contributed by atoms with E-state index in [0.29, 0.717) is 31.3 Å². The van der Waals surface area contributed by atoms with Crippen LogP contribution < -0.4 is 0 Å². The Kier molecular flexibility index (Phi) is 11.1. The van der Waals surface area contributed by atoms with Gasteiger partial charge in [0.15, 0.2) is 11.6 Å². The quantitative estimate of drug-likeness (QED) is 0.333.